The van der Waals surface area contributed by atoms with Crippen molar-refractivity contribution >= 4 is 17.4 Å². The highest BCUT2D eigenvalue weighted by Crippen LogP contribution is 2.33. The van der Waals surface area contributed by atoms with E-state index in [4.69, 9.17) is 14.2 Å². The molecule has 1 atom stereocenters. The Labute approximate surface area is 192 Å². The minimum atomic E-state index is -0.0690. The molecule has 172 valence electrons. The van der Waals surface area contributed by atoms with Crippen molar-refractivity contribution in [2.45, 2.75) is 32.4 Å². The van der Waals surface area contributed by atoms with E-state index < -0.39 is 0 Å². The van der Waals surface area contributed by atoms with E-state index in [2.05, 4.69) is 25.3 Å². The first-order valence-electron chi connectivity index (χ1n) is 11.4. The first-order chi connectivity index (χ1) is 16.2. The molecular formula is C24H28N6O3. The molecule has 2 saturated heterocycles. The summed E-state index contributed by atoms with van der Waals surface area (Å²) in [5, 5.41) is 7.03. The molecule has 2 aliphatic heterocycles. The molecular weight excluding hydrogens is 420 g/mol. The van der Waals surface area contributed by atoms with Gasteiger partial charge in [0.1, 0.15) is 5.82 Å². The van der Waals surface area contributed by atoms with Gasteiger partial charge in [0.05, 0.1) is 19.3 Å². The van der Waals surface area contributed by atoms with Crippen LogP contribution in [-0.2, 0) is 16.1 Å². The van der Waals surface area contributed by atoms with Crippen LogP contribution < -0.4 is 10.2 Å². The van der Waals surface area contributed by atoms with Crippen molar-refractivity contribution in [3.63, 3.8) is 0 Å². The summed E-state index contributed by atoms with van der Waals surface area (Å²) in [6, 6.07) is 12.0. The van der Waals surface area contributed by atoms with Crippen LogP contribution in [0, 0.1) is 0 Å². The van der Waals surface area contributed by atoms with E-state index >= 15 is 0 Å². The van der Waals surface area contributed by atoms with E-state index in [0.717, 1.165) is 69.3 Å². The molecule has 0 saturated carbocycles. The number of nitrogens with zero attached hydrogens (tertiary/aromatic N) is 5. The lowest BCUT2D eigenvalue weighted by atomic mass is 10.1. The van der Waals surface area contributed by atoms with Crippen LogP contribution in [0.25, 0.3) is 11.4 Å². The van der Waals surface area contributed by atoms with Crippen molar-refractivity contribution in [2.24, 2.45) is 0 Å². The van der Waals surface area contributed by atoms with Crippen LogP contribution >= 0.6 is 0 Å². The quantitative estimate of drug-likeness (QED) is 0.614. The van der Waals surface area contributed by atoms with E-state index in [1.807, 2.05) is 42.6 Å². The smallest absolute Gasteiger partial charge is 0.244 e. The largest absolute Gasteiger partial charge is 0.378 e. The normalized spacial score (nSPS) is 19.1. The molecule has 0 bridgehead atoms. The number of aromatic nitrogens is 3. The van der Waals surface area contributed by atoms with Gasteiger partial charge >= 0.3 is 0 Å². The second-order valence-electron chi connectivity index (χ2n) is 8.47. The number of ether oxygens (including phenoxy) is 1. The van der Waals surface area contributed by atoms with Gasteiger partial charge in [-0.25, -0.2) is 4.98 Å². The van der Waals surface area contributed by atoms with Crippen LogP contribution in [0.5, 0.6) is 0 Å². The van der Waals surface area contributed by atoms with Gasteiger partial charge in [-0.05, 0) is 49.2 Å². The average molecular weight is 449 g/mol. The van der Waals surface area contributed by atoms with Crippen LogP contribution in [0.4, 0.5) is 11.5 Å². The molecule has 9 nitrogen and oxygen atoms in total. The van der Waals surface area contributed by atoms with Gasteiger partial charge < -0.3 is 19.5 Å². The molecule has 0 spiro atoms. The van der Waals surface area contributed by atoms with Crippen LogP contribution in [0.2, 0.25) is 0 Å². The van der Waals surface area contributed by atoms with Crippen LogP contribution in [-0.4, -0.2) is 58.8 Å². The van der Waals surface area contributed by atoms with Gasteiger partial charge in [0, 0.05) is 44.0 Å². The number of benzene rings is 1. The zero-order valence-corrected chi connectivity index (χ0v) is 18.7. The number of nitrogens with one attached hydrogen (secondary N) is 1. The van der Waals surface area contributed by atoms with Gasteiger partial charge in [-0.3, -0.25) is 9.69 Å². The van der Waals surface area contributed by atoms with Gasteiger partial charge in [0.15, 0.2) is 0 Å². The molecule has 1 amide bonds. The second kappa shape index (κ2) is 9.68. The van der Waals surface area contributed by atoms with Crippen molar-refractivity contribution in [3.05, 3.63) is 54.0 Å². The van der Waals surface area contributed by atoms with Crippen molar-refractivity contribution in [2.75, 3.05) is 43.1 Å². The fraction of sp³-hybridized carbons (Fsp3) is 0.417. The summed E-state index contributed by atoms with van der Waals surface area (Å²) in [4.78, 5) is 25.1. The molecule has 2 aliphatic rings. The standard InChI is InChI=1S/C24H28N6O3/c1-17(31)26-20-7-4-18(5-8-20)16-30-10-2-3-21(30)24-27-23(28-33-24)19-6-9-22(25-15-19)29-11-13-32-14-12-29/h4-9,15,21H,2-3,10-14,16H2,1H3,(H,26,31)/t21-/m0/s1. The molecule has 4 heterocycles. The molecule has 2 aromatic heterocycles. The van der Waals surface area contributed by atoms with Crippen molar-refractivity contribution in [1.82, 2.24) is 20.0 Å². The number of pyridine rings is 1. The number of morpholine rings is 1. The lowest BCUT2D eigenvalue weighted by Gasteiger charge is -2.27. The lowest BCUT2D eigenvalue weighted by Crippen LogP contribution is -2.36. The lowest BCUT2D eigenvalue weighted by molar-refractivity contribution is -0.114. The number of rotatable bonds is 6. The summed E-state index contributed by atoms with van der Waals surface area (Å²) in [5.41, 5.74) is 2.83. The third-order valence-electron chi connectivity index (χ3n) is 6.09. The second-order valence-corrected chi connectivity index (χ2v) is 8.47. The molecule has 33 heavy (non-hydrogen) atoms. The minimum Gasteiger partial charge on any atom is -0.378 e. The minimum absolute atomic E-state index is 0.0690. The van der Waals surface area contributed by atoms with Gasteiger partial charge in [-0.15, -0.1) is 0 Å². The maximum atomic E-state index is 11.2. The van der Waals surface area contributed by atoms with Gasteiger partial charge in [0.25, 0.3) is 0 Å². The Bertz CT molecular complexity index is 1080. The number of hydrogen-bond donors (Lipinski definition) is 1. The Hall–Kier alpha value is -3.30. The predicted molar refractivity (Wildman–Crippen MR) is 124 cm³/mol. The van der Waals surface area contributed by atoms with Gasteiger partial charge in [-0.1, -0.05) is 17.3 Å². The van der Waals surface area contributed by atoms with Gasteiger partial charge in [0.2, 0.25) is 17.6 Å². The molecule has 2 fully saturated rings. The topological polar surface area (TPSA) is 96.6 Å². The number of anilines is 2. The summed E-state index contributed by atoms with van der Waals surface area (Å²) in [7, 11) is 0. The SMILES string of the molecule is CC(=O)Nc1ccc(CN2CCC[C@H]2c2nc(-c3ccc(N4CCOCC4)nc3)no2)cc1. The van der Waals surface area contributed by atoms with Crippen molar-refractivity contribution in [1.29, 1.82) is 0 Å². The van der Waals surface area contributed by atoms with Crippen LogP contribution in [0.3, 0.4) is 0 Å². The highest BCUT2D eigenvalue weighted by atomic mass is 16.5. The molecule has 5 rings (SSSR count). The molecule has 1 aromatic carbocycles. The maximum Gasteiger partial charge on any atom is 0.244 e. The van der Waals surface area contributed by atoms with E-state index in [1.165, 1.54) is 12.5 Å². The monoisotopic (exact) mass is 448 g/mol. The number of carbonyl (C=O) groups excluding carboxylic acids is 1. The number of hydrogen-bond acceptors (Lipinski definition) is 8. The summed E-state index contributed by atoms with van der Waals surface area (Å²) in [6.45, 7) is 6.45. The first-order valence-corrected chi connectivity index (χ1v) is 11.4. The Morgan fingerprint density at radius 3 is 2.67 bits per heavy atom. The molecule has 9 heteroatoms. The van der Waals surface area contributed by atoms with Crippen LogP contribution in [0.15, 0.2) is 47.1 Å². The third kappa shape index (κ3) is 5.04. The molecule has 0 radical (unpaired) electrons. The zero-order valence-electron chi connectivity index (χ0n) is 18.7. The highest BCUT2D eigenvalue weighted by Gasteiger charge is 2.31. The summed E-state index contributed by atoms with van der Waals surface area (Å²) < 4.78 is 11.1. The van der Waals surface area contributed by atoms with E-state index in [0.29, 0.717) is 11.7 Å². The van der Waals surface area contributed by atoms with Crippen LogP contribution in [0.1, 0.15) is 37.3 Å². The number of likely N-dealkylation sites (tertiary alicyclic amines) is 1. The Kier molecular flexibility index (Phi) is 6.32. The fourth-order valence-corrected chi connectivity index (χ4v) is 4.41. The van der Waals surface area contributed by atoms with Crippen molar-refractivity contribution in [3.8, 4) is 11.4 Å². The molecule has 3 aromatic rings. The maximum absolute atomic E-state index is 11.2. The number of carbonyl (C=O) groups is 1. The Balaban J connectivity index is 1.25. The average Bonchev–Trinajstić information content (AvgIpc) is 3.50. The Morgan fingerprint density at radius 1 is 1.12 bits per heavy atom. The molecule has 0 unspecified atom stereocenters. The van der Waals surface area contributed by atoms with E-state index in [-0.39, 0.29) is 11.9 Å². The predicted octanol–water partition coefficient (Wildman–Crippen LogP) is 3.26. The van der Waals surface area contributed by atoms with Gasteiger partial charge in [-0.2, -0.15) is 4.98 Å². The van der Waals surface area contributed by atoms with E-state index in [9.17, 15) is 4.79 Å². The summed E-state index contributed by atoms with van der Waals surface area (Å²) >= 11 is 0. The fourth-order valence-electron chi connectivity index (χ4n) is 4.41. The highest BCUT2D eigenvalue weighted by molar-refractivity contribution is 5.88. The first kappa shape index (κ1) is 21.5. The van der Waals surface area contributed by atoms with Crippen molar-refractivity contribution < 1.29 is 14.1 Å². The van der Waals surface area contributed by atoms with E-state index in [1.54, 1.807) is 0 Å². The number of amides is 1. The zero-order chi connectivity index (χ0) is 22.6. The molecule has 0 aliphatic carbocycles. The third-order valence-corrected chi connectivity index (χ3v) is 6.09. The summed E-state index contributed by atoms with van der Waals surface area (Å²) in [6.07, 6.45) is 3.88. The summed E-state index contributed by atoms with van der Waals surface area (Å²) in [5.74, 6) is 2.09. The molecule has 1 N–H and O–H groups in total. The Morgan fingerprint density at radius 2 is 1.94 bits per heavy atom.